The van der Waals surface area contributed by atoms with Gasteiger partial charge >= 0.3 is 7.82 Å². The molecule has 2 aromatic carbocycles. The summed E-state index contributed by atoms with van der Waals surface area (Å²) in [5.74, 6) is 0.879. The summed E-state index contributed by atoms with van der Waals surface area (Å²) >= 11 is 3.66. The van der Waals surface area contributed by atoms with Crippen LogP contribution < -0.4 is 9.05 Å². The summed E-state index contributed by atoms with van der Waals surface area (Å²) in [4.78, 5) is 0.461. The number of para-hydroxylation sites is 2. The average molecular weight is 469 g/mol. The Kier molecular flexibility index (Phi) is 8.41. The van der Waals surface area contributed by atoms with Crippen LogP contribution in [0.25, 0.3) is 0 Å². The first-order valence-corrected chi connectivity index (χ1v) is 12.0. The highest BCUT2D eigenvalue weighted by Gasteiger charge is 2.30. The van der Waals surface area contributed by atoms with Crippen molar-refractivity contribution in [3.63, 3.8) is 0 Å². The fourth-order valence-corrected chi connectivity index (χ4v) is 4.97. The molecule has 1 saturated carbocycles. The summed E-state index contributed by atoms with van der Waals surface area (Å²) < 4.78 is 35.8. The standard InChI is InChI=1S/C21H26BrO5P/c22-20-14-9-15-21(20)24-16-7-8-17-25-28(23,26-18-10-3-1-4-11-18)27-19-12-5-2-6-13-19/h1-6,10-13,20-21H,7-9,14-17H2/t20-,21-/m1/s1. The lowest BCUT2D eigenvalue weighted by Gasteiger charge is -2.19. The number of benzene rings is 2. The van der Waals surface area contributed by atoms with Gasteiger partial charge in [-0.2, -0.15) is 0 Å². The predicted octanol–water partition coefficient (Wildman–Crippen LogP) is 6.38. The summed E-state index contributed by atoms with van der Waals surface area (Å²) in [5, 5.41) is 0. The topological polar surface area (TPSA) is 54.0 Å². The minimum Gasteiger partial charge on any atom is -0.395 e. The maximum atomic E-state index is 13.1. The van der Waals surface area contributed by atoms with Gasteiger partial charge < -0.3 is 13.8 Å². The fourth-order valence-electron chi connectivity index (χ4n) is 2.98. The van der Waals surface area contributed by atoms with Gasteiger partial charge in [-0.15, -0.1) is 0 Å². The van der Waals surface area contributed by atoms with Gasteiger partial charge in [0.2, 0.25) is 0 Å². The normalized spacial score (nSPS) is 19.5. The molecule has 0 N–H and O–H groups in total. The largest absolute Gasteiger partial charge is 0.587 e. The molecule has 0 saturated heterocycles. The van der Waals surface area contributed by atoms with Gasteiger partial charge in [-0.3, -0.25) is 4.52 Å². The highest BCUT2D eigenvalue weighted by atomic mass is 79.9. The number of halogens is 1. The Morgan fingerprint density at radius 2 is 1.43 bits per heavy atom. The van der Waals surface area contributed by atoms with Crippen LogP contribution in [0.3, 0.4) is 0 Å². The van der Waals surface area contributed by atoms with Gasteiger partial charge in [-0.1, -0.05) is 52.3 Å². The highest BCUT2D eigenvalue weighted by Crippen LogP contribution is 2.49. The predicted molar refractivity (Wildman–Crippen MR) is 113 cm³/mol. The minimum absolute atomic E-state index is 0.267. The Morgan fingerprint density at radius 1 is 0.857 bits per heavy atom. The van der Waals surface area contributed by atoms with Gasteiger partial charge in [0.05, 0.1) is 12.7 Å². The van der Waals surface area contributed by atoms with E-state index in [1.807, 2.05) is 12.1 Å². The van der Waals surface area contributed by atoms with Crippen LogP contribution in [0.15, 0.2) is 60.7 Å². The number of alkyl halides is 1. The molecular formula is C21H26BrO5P. The number of hydrogen-bond acceptors (Lipinski definition) is 5. The van der Waals surface area contributed by atoms with E-state index in [0.29, 0.717) is 35.5 Å². The second-order valence-electron chi connectivity index (χ2n) is 6.65. The lowest BCUT2D eigenvalue weighted by Crippen LogP contribution is -2.18. The first kappa shape index (κ1) is 21.4. The molecule has 0 aliphatic heterocycles. The summed E-state index contributed by atoms with van der Waals surface area (Å²) in [5.41, 5.74) is 0. The molecule has 0 unspecified atom stereocenters. The lowest BCUT2D eigenvalue weighted by atomic mass is 10.3. The van der Waals surface area contributed by atoms with Crippen molar-refractivity contribution < 1.29 is 22.9 Å². The van der Waals surface area contributed by atoms with Crippen LogP contribution in [0.1, 0.15) is 32.1 Å². The van der Waals surface area contributed by atoms with E-state index in [9.17, 15) is 4.57 Å². The van der Waals surface area contributed by atoms with Crippen LogP contribution in [0.2, 0.25) is 0 Å². The van der Waals surface area contributed by atoms with E-state index in [4.69, 9.17) is 18.3 Å². The number of ether oxygens (including phenoxy) is 1. The van der Waals surface area contributed by atoms with Crippen LogP contribution in [0, 0.1) is 0 Å². The third-order valence-corrected chi connectivity index (χ3v) is 6.83. The molecule has 7 heteroatoms. The molecule has 0 radical (unpaired) electrons. The van der Waals surface area contributed by atoms with Crippen molar-refractivity contribution in [2.24, 2.45) is 0 Å². The lowest BCUT2D eigenvalue weighted by molar-refractivity contribution is 0.0577. The summed E-state index contributed by atoms with van der Waals surface area (Å²) in [6.07, 6.45) is 5.32. The van der Waals surface area contributed by atoms with Gasteiger partial charge in [0.1, 0.15) is 11.5 Å². The van der Waals surface area contributed by atoms with Crippen molar-refractivity contribution in [1.29, 1.82) is 0 Å². The van der Waals surface area contributed by atoms with Crippen LogP contribution in [-0.4, -0.2) is 24.1 Å². The van der Waals surface area contributed by atoms with Gasteiger partial charge in [0.25, 0.3) is 0 Å². The summed E-state index contributed by atoms with van der Waals surface area (Å²) in [6, 6.07) is 17.8. The Balaban J connectivity index is 1.48. The van der Waals surface area contributed by atoms with Crippen molar-refractivity contribution in [3.05, 3.63) is 60.7 Å². The zero-order chi connectivity index (χ0) is 19.7. The molecule has 2 aromatic rings. The molecular weight excluding hydrogens is 443 g/mol. The van der Waals surface area contributed by atoms with E-state index in [1.165, 1.54) is 12.8 Å². The molecule has 0 aromatic heterocycles. The molecule has 28 heavy (non-hydrogen) atoms. The van der Waals surface area contributed by atoms with E-state index >= 15 is 0 Å². The van der Waals surface area contributed by atoms with Gasteiger partial charge in [-0.25, -0.2) is 4.57 Å². The van der Waals surface area contributed by atoms with E-state index in [-0.39, 0.29) is 6.61 Å². The Labute approximate surface area is 175 Å². The monoisotopic (exact) mass is 468 g/mol. The van der Waals surface area contributed by atoms with E-state index in [2.05, 4.69) is 15.9 Å². The SMILES string of the molecule is O=P(OCCCCO[C@@H]1CCC[C@H]1Br)(Oc1ccccc1)Oc1ccccc1. The molecule has 1 aliphatic rings. The number of unbranched alkanes of at least 4 members (excludes halogenated alkanes) is 1. The zero-order valence-corrected chi connectivity index (χ0v) is 18.2. The van der Waals surface area contributed by atoms with Gasteiger partial charge in [-0.05, 0) is 56.4 Å². The summed E-state index contributed by atoms with van der Waals surface area (Å²) in [6.45, 7) is 0.933. The Bertz CT molecular complexity index is 697. The number of rotatable bonds is 11. The maximum absolute atomic E-state index is 13.1. The third-order valence-electron chi connectivity index (χ3n) is 4.41. The van der Waals surface area contributed by atoms with Crippen LogP contribution in [-0.2, 0) is 13.8 Å². The number of phosphoric ester groups is 1. The molecule has 0 bridgehead atoms. The molecule has 3 rings (SSSR count). The van der Waals surface area contributed by atoms with Crippen LogP contribution >= 0.6 is 23.8 Å². The number of phosphoric acid groups is 1. The molecule has 1 fully saturated rings. The first-order chi connectivity index (χ1) is 13.6. The second-order valence-corrected chi connectivity index (χ2v) is 9.35. The summed E-state index contributed by atoms with van der Waals surface area (Å²) in [7, 11) is -3.79. The molecule has 0 heterocycles. The molecule has 2 atom stereocenters. The first-order valence-electron chi connectivity index (χ1n) is 9.64. The van der Waals surface area contributed by atoms with E-state index < -0.39 is 7.82 Å². The molecule has 0 spiro atoms. The quantitative estimate of drug-likeness (QED) is 0.217. The maximum Gasteiger partial charge on any atom is 0.587 e. The van der Waals surface area contributed by atoms with Crippen LogP contribution in [0.4, 0.5) is 0 Å². The fraction of sp³-hybridized carbons (Fsp3) is 0.429. The second kappa shape index (κ2) is 11.0. The number of hydrogen-bond donors (Lipinski definition) is 0. The zero-order valence-electron chi connectivity index (χ0n) is 15.7. The van der Waals surface area contributed by atoms with Gasteiger partial charge in [0.15, 0.2) is 0 Å². The van der Waals surface area contributed by atoms with Crippen molar-refractivity contribution >= 4 is 23.8 Å². The van der Waals surface area contributed by atoms with Crippen LogP contribution in [0.5, 0.6) is 11.5 Å². The molecule has 1 aliphatic carbocycles. The van der Waals surface area contributed by atoms with Crippen molar-refractivity contribution in [2.45, 2.75) is 43.0 Å². The molecule has 152 valence electrons. The molecule has 5 nitrogen and oxygen atoms in total. The van der Waals surface area contributed by atoms with E-state index in [0.717, 1.165) is 12.8 Å². The smallest absolute Gasteiger partial charge is 0.395 e. The van der Waals surface area contributed by atoms with Crippen molar-refractivity contribution in [1.82, 2.24) is 0 Å². The van der Waals surface area contributed by atoms with Crippen molar-refractivity contribution in [2.75, 3.05) is 13.2 Å². The minimum atomic E-state index is -3.79. The molecule has 0 amide bonds. The van der Waals surface area contributed by atoms with E-state index in [1.54, 1.807) is 48.5 Å². The third kappa shape index (κ3) is 6.93. The highest BCUT2D eigenvalue weighted by molar-refractivity contribution is 9.09. The van der Waals surface area contributed by atoms with Gasteiger partial charge in [0, 0.05) is 11.4 Å². The van der Waals surface area contributed by atoms with Crippen molar-refractivity contribution in [3.8, 4) is 11.5 Å². The Hall–Kier alpha value is -1.33. The average Bonchev–Trinajstić information content (AvgIpc) is 3.11. The Morgan fingerprint density at radius 3 is 1.96 bits per heavy atom.